The van der Waals surface area contributed by atoms with Gasteiger partial charge in [0.2, 0.25) is 0 Å². The zero-order chi connectivity index (χ0) is 34.1. The van der Waals surface area contributed by atoms with Gasteiger partial charge in [0.25, 0.3) is 0 Å². The lowest BCUT2D eigenvalue weighted by molar-refractivity contribution is -0.291. The number of benzene rings is 3. The molecule has 0 saturated carbocycles. The maximum Gasteiger partial charge on any atom is 0.338 e. The first-order chi connectivity index (χ1) is 22.5. The number of esters is 3. The van der Waals surface area contributed by atoms with Gasteiger partial charge < -0.3 is 28.1 Å². The van der Waals surface area contributed by atoms with Crippen LogP contribution in [0.1, 0.15) is 72.6 Å². The van der Waals surface area contributed by atoms with Crippen LogP contribution in [-0.4, -0.2) is 70.6 Å². The number of rotatable bonds is 13. The first kappa shape index (κ1) is 36.0. The molecule has 1 aliphatic heterocycles. The largest absolute Gasteiger partial charge is 0.452 e. The molecule has 4 rings (SSSR count). The molecule has 9 nitrogen and oxygen atoms in total. The van der Waals surface area contributed by atoms with E-state index in [2.05, 4.69) is 41.5 Å². The Labute approximate surface area is 278 Å². The molecule has 2 unspecified atom stereocenters. The van der Waals surface area contributed by atoms with Crippen molar-refractivity contribution in [3.8, 4) is 0 Å². The summed E-state index contributed by atoms with van der Waals surface area (Å²) in [4.78, 5) is 40.6. The van der Waals surface area contributed by atoms with E-state index in [4.69, 9.17) is 28.1 Å². The highest BCUT2D eigenvalue weighted by Crippen LogP contribution is 2.43. The second kappa shape index (κ2) is 16.3. The molecule has 3 aromatic carbocycles. The lowest BCUT2D eigenvalue weighted by atomic mass is 9.97. The monoisotopic (exact) mass is 662 g/mol. The van der Waals surface area contributed by atoms with Crippen molar-refractivity contribution >= 4 is 26.2 Å². The molecule has 1 aliphatic rings. The minimum atomic E-state index is -2.43. The zero-order valence-corrected chi connectivity index (χ0v) is 29.2. The molecule has 0 bridgehead atoms. The second-order valence-corrected chi connectivity index (χ2v) is 18.1. The van der Waals surface area contributed by atoms with Crippen LogP contribution < -0.4 is 0 Å². The summed E-state index contributed by atoms with van der Waals surface area (Å²) in [6.07, 6.45) is -5.95. The van der Waals surface area contributed by atoms with Crippen molar-refractivity contribution in [3.63, 3.8) is 0 Å². The van der Waals surface area contributed by atoms with E-state index in [0.29, 0.717) is 5.56 Å². The van der Waals surface area contributed by atoms with Gasteiger partial charge in [-0.1, -0.05) is 96.1 Å². The molecule has 3 aromatic rings. The second-order valence-electron chi connectivity index (χ2n) is 12.6. The first-order valence-electron chi connectivity index (χ1n) is 16.1. The molecule has 1 heterocycles. The van der Waals surface area contributed by atoms with E-state index in [1.807, 2.05) is 0 Å². The fourth-order valence-electron chi connectivity index (χ4n) is 6.63. The molecular formula is C37H46O9Si. The number of hydrogen-bond acceptors (Lipinski definition) is 9. The molecule has 0 radical (unpaired) electrons. The van der Waals surface area contributed by atoms with Crippen LogP contribution in [0.5, 0.6) is 0 Å². The Morgan fingerprint density at radius 1 is 0.596 bits per heavy atom. The van der Waals surface area contributed by atoms with Crippen LogP contribution in [0, 0.1) is 0 Å². The standard InChI is InChI=1S/C37H46O9Si/c1-24(2)47(25(3)4,26(5)6)42-23-30-31(44-34(38)27-17-11-8-12-18-27)32(45-35(39)28-19-13-9-14-20-28)33(37(41-7)43-30)46-36(40)29-21-15-10-16-22-29/h8-22,24-26,30-33,37H,23H2,1-7H3/t30?,31-,32-,33?,37+/m1/s1. The maximum atomic E-state index is 13.6. The minimum Gasteiger partial charge on any atom is -0.452 e. The molecule has 1 saturated heterocycles. The summed E-state index contributed by atoms with van der Waals surface area (Å²) >= 11 is 0. The molecule has 1 fully saturated rings. The Morgan fingerprint density at radius 3 is 1.32 bits per heavy atom. The summed E-state index contributed by atoms with van der Waals surface area (Å²) in [6, 6.07) is 25.3. The Bertz CT molecular complexity index is 1420. The Hall–Kier alpha value is -3.83. The summed E-state index contributed by atoms with van der Waals surface area (Å²) in [5, 5.41) is 0. The molecule has 0 spiro atoms. The fourth-order valence-corrected chi connectivity index (χ4v) is 12.1. The average Bonchev–Trinajstić information content (AvgIpc) is 3.07. The van der Waals surface area contributed by atoms with Crippen LogP contribution in [0.4, 0.5) is 0 Å². The molecule has 252 valence electrons. The van der Waals surface area contributed by atoms with Crippen molar-refractivity contribution in [3.05, 3.63) is 108 Å². The highest BCUT2D eigenvalue weighted by Gasteiger charge is 2.54. The van der Waals surface area contributed by atoms with Gasteiger partial charge in [0, 0.05) is 7.11 Å². The molecule has 0 aliphatic carbocycles. The van der Waals surface area contributed by atoms with E-state index in [9.17, 15) is 14.4 Å². The van der Waals surface area contributed by atoms with E-state index in [1.54, 1.807) is 91.0 Å². The number of carbonyl (C=O) groups is 3. The van der Waals surface area contributed by atoms with Crippen molar-refractivity contribution in [2.24, 2.45) is 0 Å². The van der Waals surface area contributed by atoms with Gasteiger partial charge in [-0.15, -0.1) is 0 Å². The lowest BCUT2D eigenvalue weighted by Crippen LogP contribution is -2.63. The summed E-state index contributed by atoms with van der Waals surface area (Å²) in [5.41, 5.74) is 1.64. The van der Waals surface area contributed by atoms with E-state index < -0.39 is 56.9 Å². The van der Waals surface area contributed by atoms with Gasteiger partial charge in [-0.25, -0.2) is 14.4 Å². The molecule has 47 heavy (non-hydrogen) atoms. The van der Waals surface area contributed by atoms with Gasteiger partial charge in [0.05, 0.1) is 23.3 Å². The average molecular weight is 663 g/mol. The molecular weight excluding hydrogens is 616 g/mol. The first-order valence-corrected chi connectivity index (χ1v) is 18.2. The smallest absolute Gasteiger partial charge is 0.338 e. The predicted molar refractivity (Wildman–Crippen MR) is 180 cm³/mol. The normalized spacial score (nSPS) is 21.4. The van der Waals surface area contributed by atoms with Crippen LogP contribution in [0.3, 0.4) is 0 Å². The van der Waals surface area contributed by atoms with Gasteiger partial charge >= 0.3 is 17.9 Å². The third kappa shape index (κ3) is 8.37. The van der Waals surface area contributed by atoms with E-state index in [-0.39, 0.29) is 34.4 Å². The van der Waals surface area contributed by atoms with Gasteiger partial charge in [-0.3, -0.25) is 0 Å². The van der Waals surface area contributed by atoms with Crippen molar-refractivity contribution in [2.45, 2.75) is 88.9 Å². The molecule has 0 aromatic heterocycles. The van der Waals surface area contributed by atoms with Crippen LogP contribution in [-0.2, 0) is 28.1 Å². The summed E-state index contributed by atoms with van der Waals surface area (Å²) in [7, 11) is -1.02. The zero-order valence-electron chi connectivity index (χ0n) is 28.2. The molecule has 5 atom stereocenters. The molecule has 0 amide bonds. The predicted octanol–water partition coefficient (Wildman–Crippen LogP) is 7.23. The highest BCUT2D eigenvalue weighted by molar-refractivity contribution is 6.77. The maximum absolute atomic E-state index is 13.6. The third-order valence-electron chi connectivity index (χ3n) is 8.79. The highest BCUT2D eigenvalue weighted by atomic mass is 28.4. The van der Waals surface area contributed by atoms with Gasteiger partial charge in [0.1, 0.15) is 6.10 Å². The van der Waals surface area contributed by atoms with Crippen molar-refractivity contribution in [1.82, 2.24) is 0 Å². The number of methoxy groups -OCH3 is 1. The van der Waals surface area contributed by atoms with Crippen molar-refractivity contribution in [1.29, 1.82) is 0 Å². The fraction of sp³-hybridized carbons (Fsp3) is 0.432. The summed E-state index contributed by atoms with van der Waals surface area (Å²) < 4.78 is 37.3. The van der Waals surface area contributed by atoms with Crippen LogP contribution in [0.2, 0.25) is 16.6 Å². The number of hydrogen-bond donors (Lipinski definition) is 0. The van der Waals surface area contributed by atoms with Crippen molar-refractivity contribution in [2.75, 3.05) is 13.7 Å². The minimum absolute atomic E-state index is 0.0338. The van der Waals surface area contributed by atoms with Gasteiger partial charge in [0.15, 0.2) is 32.9 Å². The van der Waals surface area contributed by atoms with E-state index in [0.717, 1.165) is 0 Å². The number of ether oxygens (including phenoxy) is 5. The molecule has 10 heteroatoms. The SMILES string of the molecule is CO[C@H]1OC(CO[Si](C(C)C)(C(C)C)C(C)C)[C@@H](OC(=O)c2ccccc2)[C@@H](OC(=O)c2ccccc2)C1OC(=O)c1ccccc1. The quantitative estimate of drug-likeness (QED) is 0.106. The summed E-state index contributed by atoms with van der Waals surface area (Å²) in [5.74, 6) is -2.03. The van der Waals surface area contributed by atoms with Gasteiger partial charge in [-0.05, 0) is 53.0 Å². The Morgan fingerprint density at radius 2 is 0.957 bits per heavy atom. The lowest BCUT2D eigenvalue weighted by Gasteiger charge is -2.47. The number of carbonyl (C=O) groups excluding carboxylic acids is 3. The van der Waals surface area contributed by atoms with E-state index in [1.165, 1.54) is 7.11 Å². The third-order valence-corrected chi connectivity index (χ3v) is 14.9. The topological polar surface area (TPSA) is 107 Å². The Kier molecular flexibility index (Phi) is 12.5. The van der Waals surface area contributed by atoms with E-state index >= 15 is 0 Å². The van der Waals surface area contributed by atoms with Crippen molar-refractivity contribution < 1.29 is 42.5 Å². The van der Waals surface area contributed by atoms with Crippen LogP contribution in [0.15, 0.2) is 91.0 Å². The Balaban J connectivity index is 1.78. The summed E-state index contributed by atoms with van der Waals surface area (Å²) in [6.45, 7) is 13.0. The van der Waals surface area contributed by atoms with Gasteiger partial charge in [-0.2, -0.15) is 0 Å². The van der Waals surface area contributed by atoms with Crippen LogP contribution in [0.25, 0.3) is 0 Å². The van der Waals surface area contributed by atoms with Crippen LogP contribution >= 0.6 is 0 Å². The molecule has 0 N–H and O–H groups in total.